The lowest BCUT2D eigenvalue weighted by Gasteiger charge is -2.15. The number of rotatable bonds is 5. The maximum Gasteiger partial charge on any atom is 0.341 e. The molecule has 0 atom stereocenters. The minimum absolute atomic E-state index is 0.0580. The summed E-state index contributed by atoms with van der Waals surface area (Å²) in [5.74, 6) is -0.208. The van der Waals surface area contributed by atoms with Crippen LogP contribution in [-0.4, -0.2) is 25.1 Å². The number of carbonyl (C=O) groups excluding carboxylic acids is 2. The van der Waals surface area contributed by atoms with Gasteiger partial charge in [0.15, 0.2) is 0 Å². The average molecular weight is 452 g/mol. The first-order chi connectivity index (χ1) is 12.9. The number of esters is 1. The van der Waals surface area contributed by atoms with E-state index in [0.717, 1.165) is 40.6 Å². The van der Waals surface area contributed by atoms with Gasteiger partial charge < -0.3 is 14.8 Å². The Hall–Kier alpha value is -1.86. The number of amides is 1. The van der Waals surface area contributed by atoms with Gasteiger partial charge in [-0.15, -0.1) is 11.3 Å². The minimum Gasteiger partial charge on any atom is -0.490 e. The van der Waals surface area contributed by atoms with Gasteiger partial charge in [0.05, 0.1) is 24.3 Å². The molecular weight excluding hydrogens is 430 g/mol. The lowest BCUT2D eigenvalue weighted by Crippen LogP contribution is -2.17. The van der Waals surface area contributed by atoms with Crippen molar-refractivity contribution in [1.82, 2.24) is 0 Å². The molecule has 1 aromatic heterocycles. The number of carbonyl (C=O) groups is 2. The molecule has 7 heteroatoms. The van der Waals surface area contributed by atoms with Crippen LogP contribution >= 0.6 is 27.3 Å². The quantitative estimate of drug-likeness (QED) is 0.633. The largest absolute Gasteiger partial charge is 0.490 e. The number of ether oxygens (including phenoxy) is 2. The fourth-order valence-corrected chi connectivity index (χ4v) is 4.81. The summed E-state index contributed by atoms with van der Waals surface area (Å²) in [6.45, 7) is 3.82. The SMILES string of the molecule is COC(=O)c1c(NC(=O)c2cc(Br)ccc2OC(C)C)sc2c1CCCC2. The molecule has 0 fully saturated rings. The highest BCUT2D eigenvalue weighted by Crippen LogP contribution is 2.39. The van der Waals surface area contributed by atoms with Gasteiger partial charge in [-0.1, -0.05) is 15.9 Å². The van der Waals surface area contributed by atoms with Crippen LogP contribution in [0.1, 0.15) is 57.8 Å². The van der Waals surface area contributed by atoms with Gasteiger partial charge in [-0.3, -0.25) is 4.79 Å². The highest BCUT2D eigenvalue weighted by Gasteiger charge is 2.27. The van der Waals surface area contributed by atoms with Crippen LogP contribution in [0.5, 0.6) is 5.75 Å². The average Bonchev–Trinajstić information content (AvgIpc) is 2.99. The molecule has 0 bridgehead atoms. The van der Waals surface area contributed by atoms with E-state index >= 15 is 0 Å². The van der Waals surface area contributed by atoms with Gasteiger partial charge in [-0.25, -0.2) is 4.79 Å². The monoisotopic (exact) mass is 451 g/mol. The number of anilines is 1. The van der Waals surface area contributed by atoms with E-state index in [4.69, 9.17) is 9.47 Å². The van der Waals surface area contributed by atoms with E-state index in [1.807, 2.05) is 19.9 Å². The van der Waals surface area contributed by atoms with Gasteiger partial charge >= 0.3 is 5.97 Å². The number of thiophene rings is 1. The Kier molecular flexibility index (Phi) is 6.22. The van der Waals surface area contributed by atoms with Crippen LogP contribution in [0.25, 0.3) is 0 Å². The zero-order valence-corrected chi connectivity index (χ0v) is 18.0. The number of nitrogens with one attached hydrogen (secondary N) is 1. The van der Waals surface area contributed by atoms with Gasteiger partial charge in [0.25, 0.3) is 5.91 Å². The molecule has 1 aliphatic rings. The first-order valence-electron chi connectivity index (χ1n) is 8.91. The summed E-state index contributed by atoms with van der Waals surface area (Å²) >= 11 is 4.87. The Balaban J connectivity index is 1.96. The molecule has 0 saturated carbocycles. The van der Waals surface area contributed by atoms with Crippen molar-refractivity contribution >= 4 is 44.1 Å². The van der Waals surface area contributed by atoms with Crippen molar-refractivity contribution < 1.29 is 19.1 Å². The number of aryl methyl sites for hydroxylation is 1. The molecule has 1 heterocycles. The first kappa shape index (κ1) is 19.9. The smallest absolute Gasteiger partial charge is 0.341 e. The van der Waals surface area contributed by atoms with E-state index < -0.39 is 5.97 Å². The predicted octanol–water partition coefficient (Wildman–Crippen LogP) is 5.22. The van der Waals surface area contributed by atoms with Crippen LogP contribution in [-0.2, 0) is 17.6 Å². The number of halogens is 1. The highest BCUT2D eigenvalue weighted by atomic mass is 79.9. The Morgan fingerprint density at radius 1 is 1.22 bits per heavy atom. The molecule has 3 rings (SSSR count). The van der Waals surface area contributed by atoms with Crippen molar-refractivity contribution in [2.75, 3.05) is 12.4 Å². The van der Waals surface area contributed by atoms with E-state index in [0.29, 0.717) is 21.9 Å². The second kappa shape index (κ2) is 8.44. The maximum atomic E-state index is 13.0. The number of benzene rings is 1. The van der Waals surface area contributed by atoms with Crippen molar-refractivity contribution in [2.45, 2.75) is 45.6 Å². The van der Waals surface area contributed by atoms with Crippen LogP contribution < -0.4 is 10.1 Å². The van der Waals surface area contributed by atoms with Gasteiger partial charge in [0, 0.05) is 9.35 Å². The molecule has 0 radical (unpaired) electrons. The Bertz CT molecular complexity index is 875. The second-order valence-corrected chi connectivity index (χ2v) is 8.69. The fraction of sp³-hybridized carbons (Fsp3) is 0.400. The van der Waals surface area contributed by atoms with Crippen LogP contribution in [0.2, 0.25) is 0 Å². The third-order valence-electron chi connectivity index (χ3n) is 4.34. The van der Waals surface area contributed by atoms with Gasteiger partial charge in [0.2, 0.25) is 0 Å². The molecule has 2 aromatic rings. The maximum absolute atomic E-state index is 13.0. The number of hydrogen-bond donors (Lipinski definition) is 1. The lowest BCUT2D eigenvalue weighted by molar-refractivity contribution is 0.0601. The van der Waals surface area contributed by atoms with Crippen LogP contribution in [0.4, 0.5) is 5.00 Å². The fourth-order valence-electron chi connectivity index (χ4n) is 3.18. The molecule has 0 spiro atoms. The van der Waals surface area contributed by atoms with E-state index in [-0.39, 0.29) is 12.0 Å². The zero-order chi connectivity index (χ0) is 19.6. The van der Waals surface area contributed by atoms with E-state index in [2.05, 4.69) is 21.2 Å². The highest BCUT2D eigenvalue weighted by molar-refractivity contribution is 9.10. The molecule has 1 N–H and O–H groups in total. The summed E-state index contributed by atoms with van der Waals surface area (Å²) < 4.78 is 11.5. The van der Waals surface area contributed by atoms with Crippen molar-refractivity contribution in [3.63, 3.8) is 0 Å². The van der Waals surface area contributed by atoms with Crippen LogP contribution in [0.15, 0.2) is 22.7 Å². The van der Waals surface area contributed by atoms with Crippen molar-refractivity contribution in [1.29, 1.82) is 0 Å². The summed E-state index contributed by atoms with van der Waals surface area (Å²) in [6.07, 6.45) is 3.85. The summed E-state index contributed by atoms with van der Waals surface area (Å²) in [5, 5.41) is 3.47. The van der Waals surface area contributed by atoms with E-state index in [1.165, 1.54) is 18.4 Å². The molecule has 0 unspecified atom stereocenters. The van der Waals surface area contributed by atoms with Gasteiger partial charge in [0.1, 0.15) is 10.8 Å². The molecule has 1 aliphatic carbocycles. The summed E-state index contributed by atoms with van der Waals surface area (Å²) in [7, 11) is 1.36. The molecule has 0 aliphatic heterocycles. The summed E-state index contributed by atoms with van der Waals surface area (Å²) in [4.78, 5) is 26.5. The normalized spacial score (nSPS) is 13.2. The Morgan fingerprint density at radius 3 is 2.67 bits per heavy atom. The summed E-state index contributed by atoms with van der Waals surface area (Å²) in [5.41, 5.74) is 1.92. The minimum atomic E-state index is -0.405. The molecular formula is C20H22BrNO4S. The molecule has 144 valence electrons. The van der Waals surface area contributed by atoms with E-state index in [9.17, 15) is 9.59 Å². The third kappa shape index (κ3) is 4.35. The molecule has 0 saturated heterocycles. The van der Waals surface area contributed by atoms with Crippen LogP contribution in [0.3, 0.4) is 0 Å². The molecule has 1 aromatic carbocycles. The molecule has 5 nitrogen and oxygen atoms in total. The predicted molar refractivity (Wildman–Crippen MR) is 110 cm³/mol. The topological polar surface area (TPSA) is 64.6 Å². The lowest BCUT2D eigenvalue weighted by atomic mass is 9.95. The Morgan fingerprint density at radius 2 is 1.96 bits per heavy atom. The van der Waals surface area contributed by atoms with Crippen molar-refractivity contribution in [3.8, 4) is 5.75 Å². The summed E-state index contributed by atoms with van der Waals surface area (Å²) in [6, 6.07) is 5.32. The Labute approximate surface area is 171 Å². The number of methoxy groups -OCH3 is 1. The van der Waals surface area contributed by atoms with Crippen molar-refractivity contribution in [2.24, 2.45) is 0 Å². The van der Waals surface area contributed by atoms with Gasteiger partial charge in [-0.2, -0.15) is 0 Å². The second-order valence-electron chi connectivity index (χ2n) is 6.67. The standard InChI is InChI=1S/C20H22BrNO4S/c1-11(2)26-15-9-8-12(21)10-14(15)18(23)22-19-17(20(24)25-3)13-6-4-5-7-16(13)27-19/h8-11H,4-7H2,1-3H3,(H,22,23). The van der Waals surface area contributed by atoms with Crippen molar-refractivity contribution in [3.05, 3.63) is 44.2 Å². The zero-order valence-electron chi connectivity index (χ0n) is 15.6. The van der Waals surface area contributed by atoms with Gasteiger partial charge in [-0.05, 0) is 63.3 Å². The van der Waals surface area contributed by atoms with E-state index in [1.54, 1.807) is 12.1 Å². The first-order valence-corrected chi connectivity index (χ1v) is 10.5. The molecule has 27 heavy (non-hydrogen) atoms. The number of fused-ring (bicyclic) bond motifs is 1. The van der Waals surface area contributed by atoms with Crippen LogP contribution in [0, 0.1) is 0 Å². The molecule has 1 amide bonds. The number of hydrogen-bond acceptors (Lipinski definition) is 5. The third-order valence-corrected chi connectivity index (χ3v) is 6.04.